The molecule has 1 saturated heterocycles. The molecule has 2 atom stereocenters. The Hall–Kier alpha value is -3.39. The molecule has 188 valence electrons. The number of phenols is 1. The monoisotopic (exact) mass is 480 g/mol. The van der Waals surface area contributed by atoms with E-state index < -0.39 is 40.9 Å². The third-order valence-electron chi connectivity index (χ3n) is 6.32. The van der Waals surface area contributed by atoms with Crippen LogP contribution in [0.2, 0.25) is 0 Å². The summed E-state index contributed by atoms with van der Waals surface area (Å²) in [7, 11) is 1.37. The molecule has 1 aliphatic rings. The van der Waals surface area contributed by atoms with Gasteiger partial charge in [-0.25, -0.2) is 4.79 Å². The molecule has 3 rings (SSSR count). The molecule has 0 spiro atoms. The predicted octanol–water partition coefficient (Wildman–Crippen LogP) is 3.78. The Kier molecular flexibility index (Phi) is 6.74. The molecule has 2 unspecified atom stereocenters. The Morgan fingerprint density at radius 2 is 1.46 bits per heavy atom. The zero-order chi connectivity index (χ0) is 26.5. The molecule has 1 heterocycles. The number of aryl methyl sites for hydroxylation is 1. The van der Waals surface area contributed by atoms with Crippen molar-refractivity contribution in [1.29, 1.82) is 0 Å². The van der Waals surface area contributed by atoms with E-state index in [0.29, 0.717) is 22.4 Å². The van der Waals surface area contributed by atoms with E-state index >= 15 is 0 Å². The number of carbonyl (C=O) groups is 3. The average molecular weight is 481 g/mol. The van der Waals surface area contributed by atoms with E-state index in [-0.39, 0.29) is 5.75 Å². The number of carbonyl (C=O) groups excluding carboxylic acids is 3. The highest BCUT2D eigenvalue weighted by molar-refractivity contribution is 6.10. The van der Waals surface area contributed by atoms with Gasteiger partial charge >= 0.3 is 6.03 Å². The number of anilines is 1. The van der Waals surface area contributed by atoms with Crippen molar-refractivity contribution >= 4 is 23.5 Å². The quantitative estimate of drug-likeness (QED) is 0.618. The molecule has 0 aromatic heterocycles. The number of nitrogens with one attached hydrogen (secondary N) is 1. The summed E-state index contributed by atoms with van der Waals surface area (Å²) in [5.41, 5.74) is 8.64. The first-order chi connectivity index (χ1) is 16.0. The highest BCUT2D eigenvalue weighted by atomic mass is 16.3. The summed E-state index contributed by atoms with van der Waals surface area (Å²) in [4.78, 5) is 41.6. The van der Waals surface area contributed by atoms with Crippen molar-refractivity contribution in [3.8, 4) is 5.75 Å². The van der Waals surface area contributed by atoms with Crippen LogP contribution in [0.25, 0.3) is 0 Å². The van der Waals surface area contributed by atoms with Gasteiger partial charge in [-0.1, -0.05) is 59.2 Å². The Morgan fingerprint density at radius 3 is 1.91 bits per heavy atom. The first-order valence-electron chi connectivity index (χ1n) is 11.7. The van der Waals surface area contributed by atoms with Crippen LogP contribution in [0.5, 0.6) is 5.75 Å². The minimum absolute atomic E-state index is 0.155. The third kappa shape index (κ3) is 5.03. The number of aromatic hydroxyl groups is 1. The maximum absolute atomic E-state index is 13.4. The van der Waals surface area contributed by atoms with Gasteiger partial charge in [0.25, 0.3) is 11.8 Å². The second kappa shape index (κ2) is 9.00. The molecule has 0 aliphatic carbocycles. The van der Waals surface area contributed by atoms with Gasteiger partial charge in [-0.05, 0) is 42.0 Å². The number of urea groups is 1. The van der Waals surface area contributed by atoms with Crippen LogP contribution >= 0.6 is 0 Å². The molecular formula is C27H36N4O4. The zero-order valence-electron chi connectivity index (χ0n) is 21.8. The number of benzene rings is 2. The van der Waals surface area contributed by atoms with E-state index in [4.69, 9.17) is 5.73 Å². The second-order valence-corrected chi connectivity index (χ2v) is 11.2. The van der Waals surface area contributed by atoms with E-state index in [1.165, 1.54) is 11.9 Å². The smallest absolute Gasteiger partial charge is 0.332 e. The largest absolute Gasteiger partial charge is 0.507 e. The second-order valence-electron chi connectivity index (χ2n) is 11.2. The molecule has 0 saturated carbocycles. The Balaban J connectivity index is 2.01. The van der Waals surface area contributed by atoms with Gasteiger partial charge in [-0.2, -0.15) is 0 Å². The number of rotatable bonds is 3. The number of nitrogens with two attached hydrogens (primary N) is 1. The fourth-order valence-corrected chi connectivity index (χ4v) is 4.16. The first-order valence-corrected chi connectivity index (χ1v) is 11.7. The van der Waals surface area contributed by atoms with Gasteiger partial charge in [0, 0.05) is 29.4 Å². The highest BCUT2D eigenvalue weighted by Crippen LogP contribution is 2.39. The number of nitrogens with zero attached hydrogens (tertiary/aromatic N) is 2. The summed E-state index contributed by atoms with van der Waals surface area (Å²) in [6, 6.07) is 8.76. The topological polar surface area (TPSA) is 116 Å². The highest BCUT2D eigenvalue weighted by Gasteiger charge is 2.45. The minimum Gasteiger partial charge on any atom is -0.507 e. The minimum atomic E-state index is -1.16. The van der Waals surface area contributed by atoms with Gasteiger partial charge in [0.15, 0.2) is 0 Å². The maximum atomic E-state index is 13.4. The van der Waals surface area contributed by atoms with E-state index in [9.17, 15) is 19.5 Å². The van der Waals surface area contributed by atoms with E-state index in [0.717, 1.165) is 10.5 Å². The van der Waals surface area contributed by atoms with E-state index in [1.807, 2.05) is 60.6 Å². The molecule has 0 radical (unpaired) electrons. The summed E-state index contributed by atoms with van der Waals surface area (Å²) in [5.74, 6) is -0.950. The zero-order valence-corrected chi connectivity index (χ0v) is 21.8. The van der Waals surface area contributed by atoms with Crippen LogP contribution < -0.4 is 16.0 Å². The van der Waals surface area contributed by atoms with Crippen LogP contribution in [0.4, 0.5) is 10.5 Å². The number of hydrogen-bond donors (Lipinski definition) is 3. The summed E-state index contributed by atoms with van der Waals surface area (Å²) < 4.78 is 0. The number of likely N-dealkylation sites (N-methyl/N-ethyl adjacent to an activating group) is 1. The predicted molar refractivity (Wildman–Crippen MR) is 137 cm³/mol. The molecule has 2 aromatic rings. The van der Waals surface area contributed by atoms with Gasteiger partial charge in [-0.3, -0.25) is 19.4 Å². The lowest BCUT2D eigenvalue weighted by Gasteiger charge is -2.41. The number of phenolic OH excluding ortho intramolecular Hbond substituents is 1. The Morgan fingerprint density at radius 1 is 0.971 bits per heavy atom. The van der Waals surface area contributed by atoms with Crippen molar-refractivity contribution in [1.82, 2.24) is 10.2 Å². The van der Waals surface area contributed by atoms with Crippen LogP contribution in [0.1, 0.15) is 68.6 Å². The summed E-state index contributed by atoms with van der Waals surface area (Å²) >= 11 is 0. The van der Waals surface area contributed by atoms with Gasteiger partial charge in [0.1, 0.15) is 18.0 Å². The lowest BCUT2D eigenvalue weighted by molar-refractivity contribution is -0.130. The Labute approximate surface area is 207 Å². The fraction of sp³-hybridized carbons (Fsp3) is 0.444. The first kappa shape index (κ1) is 26.2. The molecule has 8 heteroatoms. The van der Waals surface area contributed by atoms with Crippen LogP contribution in [-0.2, 0) is 15.6 Å². The van der Waals surface area contributed by atoms with Crippen molar-refractivity contribution in [2.75, 3.05) is 11.9 Å². The summed E-state index contributed by atoms with van der Waals surface area (Å²) in [6.45, 7) is 13.7. The van der Waals surface area contributed by atoms with Crippen molar-refractivity contribution < 1.29 is 19.5 Å². The van der Waals surface area contributed by atoms with Crippen LogP contribution in [0.15, 0.2) is 36.4 Å². The number of amides is 4. The van der Waals surface area contributed by atoms with Gasteiger partial charge in [0.05, 0.1) is 0 Å². The lowest BCUT2D eigenvalue weighted by Crippen LogP contribution is -2.71. The summed E-state index contributed by atoms with van der Waals surface area (Å²) in [5, 5.41) is 13.7. The molecule has 0 bridgehead atoms. The molecular weight excluding hydrogens is 444 g/mol. The van der Waals surface area contributed by atoms with Gasteiger partial charge in [0.2, 0.25) is 0 Å². The maximum Gasteiger partial charge on any atom is 0.332 e. The fourth-order valence-electron chi connectivity index (χ4n) is 4.16. The van der Waals surface area contributed by atoms with Gasteiger partial charge in [-0.15, -0.1) is 0 Å². The summed E-state index contributed by atoms with van der Waals surface area (Å²) in [6.07, 6.45) is -1.10. The van der Waals surface area contributed by atoms with Crippen molar-refractivity contribution in [2.24, 2.45) is 5.73 Å². The third-order valence-corrected chi connectivity index (χ3v) is 6.32. The van der Waals surface area contributed by atoms with Crippen LogP contribution in [0, 0.1) is 6.92 Å². The molecule has 4 N–H and O–H groups in total. The lowest BCUT2D eigenvalue weighted by atomic mass is 9.78. The van der Waals surface area contributed by atoms with E-state index in [2.05, 4.69) is 5.32 Å². The van der Waals surface area contributed by atoms with Crippen LogP contribution in [0.3, 0.4) is 0 Å². The van der Waals surface area contributed by atoms with Crippen molar-refractivity contribution in [3.05, 3.63) is 58.7 Å². The number of imide groups is 1. The molecule has 4 amide bonds. The average Bonchev–Trinajstić information content (AvgIpc) is 2.75. The number of hydrogen-bond acceptors (Lipinski definition) is 5. The van der Waals surface area contributed by atoms with Crippen molar-refractivity contribution in [2.45, 2.75) is 71.5 Å². The van der Waals surface area contributed by atoms with Crippen LogP contribution in [-0.4, -0.2) is 47.1 Å². The van der Waals surface area contributed by atoms with Gasteiger partial charge < -0.3 is 16.2 Å². The Bertz CT molecular complexity index is 1120. The van der Waals surface area contributed by atoms with Crippen molar-refractivity contribution in [3.63, 3.8) is 0 Å². The normalized spacial score (nSPS) is 19.2. The SMILES string of the molecule is Cc1ccc(N2C(=O)N(C)C(=O)C(NC(=O)c3cc(C(C)(C)C)c(O)c(C(C)(C)C)c3)C2N)cc1. The molecule has 1 fully saturated rings. The molecule has 8 nitrogen and oxygen atoms in total. The van der Waals surface area contributed by atoms with E-state index in [1.54, 1.807) is 24.3 Å². The molecule has 1 aliphatic heterocycles. The molecule has 35 heavy (non-hydrogen) atoms. The molecule has 2 aromatic carbocycles. The standard InChI is InChI=1S/C27H36N4O4/c1-15-9-11-17(12-10-15)31-22(28)20(24(34)30(8)25(31)35)29-23(33)16-13-18(26(2,3)4)21(32)19(14-16)27(5,6)7/h9-14,20,22,32H,28H2,1-8H3,(H,29,33).